The molecule has 0 radical (unpaired) electrons. The van der Waals surface area contributed by atoms with E-state index < -0.39 is 5.82 Å². The molecule has 0 saturated carbocycles. The Hall–Kier alpha value is -2.41. The van der Waals surface area contributed by atoms with Crippen LogP contribution in [0.3, 0.4) is 0 Å². The summed E-state index contributed by atoms with van der Waals surface area (Å²) < 4.78 is 14.3. The molecule has 0 amide bonds. The second-order valence-electron chi connectivity index (χ2n) is 5.21. The van der Waals surface area contributed by atoms with Crippen molar-refractivity contribution in [3.8, 4) is 6.07 Å². The maximum Gasteiger partial charge on any atom is 0.166 e. The molecule has 2 heterocycles. The van der Waals surface area contributed by atoms with Crippen LogP contribution in [-0.2, 0) is 6.42 Å². The molecule has 1 aliphatic heterocycles. The number of hydrogen-bond donors (Lipinski definition) is 0. The van der Waals surface area contributed by atoms with Crippen LogP contribution in [0.5, 0.6) is 0 Å². The van der Waals surface area contributed by atoms with Crippen molar-refractivity contribution in [3.05, 3.63) is 59.0 Å². The summed E-state index contributed by atoms with van der Waals surface area (Å²) in [6.45, 7) is 2.84. The average Bonchev–Trinajstić information content (AvgIpc) is 2.53. The van der Waals surface area contributed by atoms with Gasteiger partial charge in [-0.15, -0.1) is 0 Å². The highest BCUT2D eigenvalue weighted by atomic mass is 19.1. The molecule has 1 aromatic heterocycles. The lowest BCUT2D eigenvalue weighted by atomic mass is 9.91. The van der Waals surface area contributed by atoms with E-state index in [2.05, 4.69) is 24.0 Å². The zero-order valence-electron chi connectivity index (χ0n) is 11.9. The molecule has 3 rings (SSSR count). The molecule has 0 N–H and O–H groups in total. The van der Waals surface area contributed by atoms with Gasteiger partial charge in [0.1, 0.15) is 6.07 Å². The molecular weight excluding hydrogens is 265 g/mol. The van der Waals surface area contributed by atoms with Crippen LogP contribution >= 0.6 is 0 Å². The van der Waals surface area contributed by atoms with Crippen molar-refractivity contribution < 1.29 is 4.39 Å². The van der Waals surface area contributed by atoms with Gasteiger partial charge in [0.2, 0.25) is 0 Å². The summed E-state index contributed by atoms with van der Waals surface area (Å²) in [7, 11) is 0. The normalized spacial score (nSPS) is 17.2. The van der Waals surface area contributed by atoms with Crippen molar-refractivity contribution in [2.75, 3.05) is 11.4 Å². The first-order chi connectivity index (χ1) is 10.2. The van der Waals surface area contributed by atoms with Crippen LogP contribution in [0.2, 0.25) is 0 Å². The van der Waals surface area contributed by atoms with E-state index in [9.17, 15) is 4.39 Å². The van der Waals surface area contributed by atoms with Crippen molar-refractivity contribution in [2.24, 2.45) is 0 Å². The zero-order chi connectivity index (χ0) is 14.8. The first kappa shape index (κ1) is 13.6. The fourth-order valence-corrected chi connectivity index (χ4v) is 3.05. The Kier molecular flexibility index (Phi) is 3.57. The first-order valence-electron chi connectivity index (χ1n) is 7.14. The van der Waals surface area contributed by atoms with Crippen LogP contribution in [0.15, 0.2) is 36.5 Å². The minimum Gasteiger partial charge on any atom is -0.347 e. The molecule has 3 nitrogen and oxygen atoms in total. The summed E-state index contributed by atoms with van der Waals surface area (Å²) in [4.78, 5) is 6.18. The summed E-state index contributed by atoms with van der Waals surface area (Å²) in [5, 5.41) is 8.82. The van der Waals surface area contributed by atoms with Crippen LogP contribution in [0, 0.1) is 17.1 Å². The maximum atomic E-state index is 14.3. The lowest BCUT2D eigenvalue weighted by molar-refractivity contribution is 0.536. The number of fused-ring (bicyclic) bond motifs is 1. The van der Waals surface area contributed by atoms with E-state index in [1.807, 2.05) is 23.1 Å². The van der Waals surface area contributed by atoms with Crippen LogP contribution in [-0.4, -0.2) is 11.5 Å². The Morgan fingerprint density at radius 1 is 1.43 bits per heavy atom. The third kappa shape index (κ3) is 2.36. The van der Waals surface area contributed by atoms with Crippen LogP contribution < -0.4 is 4.90 Å². The summed E-state index contributed by atoms with van der Waals surface area (Å²) in [6, 6.07) is 11.6. The molecule has 0 aliphatic carbocycles. The SMILES string of the molecule is CCC1c2ccccc2CCN1c1ncc(C#N)cc1F. The Bertz CT molecular complexity index is 705. The molecule has 0 bridgehead atoms. The van der Waals surface area contributed by atoms with Crippen LogP contribution in [0.25, 0.3) is 0 Å². The topological polar surface area (TPSA) is 39.9 Å². The number of rotatable bonds is 2. The molecule has 2 aromatic rings. The van der Waals surface area contributed by atoms with Crippen molar-refractivity contribution in [3.63, 3.8) is 0 Å². The molecule has 0 fully saturated rings. The summed E-state index contributed by atoms with van der Waals surface area (Å²) in [5.41, 5.74) is 2.83. The van der Waals surface area contributed by atoms with Gasteiger partial charge in [0.25, 0.3) is 0 Å². The predicted octanol–water partition coefficient (Wildman–Crippen LogP) is 3.61. The van der Waals surface area contributed by atoms with Gasteiger partial charge in [0, 0.05) is 12.7 Å². The average molecular weight is 281 g/mol. The summed E-state index contributed by atoms with van der Waals surface area (Å²) >= 11 is 0. The van der Waals surface area contributed by atoms with E-state index >= 15 is 0 Å². The van der Waals surface area contributed by atoms with Crippen LogP contribution in [0.4, 0.5) is 10.2 Å². The summed E-state index contributed by atoms with van der Waals surface area (Å²) in [6.07, 6.45) is 3.21. The molecule has 1 unspecified atom stereocenters. The Balaban J connectivity index is 2.02. The minimum atomic E-state index is -0.424. The highest BCUT2D eigenvalue weighted by molar-refractivity contribution is 5.49. The standard InChI is InChI=1S/C17H16FN3/c1-2-16-14-6-4-3-5-13(14)7-8-21(16)17-15(18)9-12(10-19)11-20-17/h3-6,9,11,16H,2,7-8H2,1H3. The number of benzene rings is 1. The van der Waals surface area contributed by atoms with Gasteiger partial charge >= 0.3 is 0 Å². The van der Waals surface area contributed by atoms with Crippen molar-refractivity contribution in [2.45, 2.75) is 25.8 Å². The van der Waals surface area contributed by atoms with Gasteiger partial charge in [0.15, 0.2) is 11.6 Å². The van der Waals surface area contributed by atoms with Gasteiger partial charge in [-0.25, -0.2) is 9.37 Å². The van der Waals surface area contributed by atoms with Gasteiger partial charge in [-0.1, -0.05) is 31.2 Å². The molecule has 1 aliphatic rings. The van der Waals surface area contributed by atoms with Gasteiger partial charge in [-0.05, 0) is 30.0 Å². The van der Waals surface area contributed by atoms with Crippen molar-refractivity contribution in [1.82, 2.24) is 4.98 Å². The Labute approximate surface area is 123 Å². The fourth-order valence-electron chi connectivity index (χ4n) is 3.05. The van der Waals surface area contributed by atoms with Gasteiger partial charge in [-0.3, -0.25) is 0 Å². The van der Waals surface area contributed by atoms with E-state index in [-0.39, 0.29) is 11.6 Å². The Morgan fingerprint density at radius 2 is 2.24 bits per heavy atom. The third-order valence-corrected chi connectivity index (χ3v) is 4.02. The van der Waals surface area contributed by atoms with E-state index in [1.165, 1.54) is 23.4 Å². The quantitative estimate of drug-likeness (QED) is 0.844. The van der Waals surface area contributed by atoms with E-state index in [1.54, 1.807) is 0 Å². The molecule has 0 saturated heterocycles. The highest BCUT2D eigenvalue weighted by Crippen LogP contribution is 2.35. The number of halogens is 1. The molecule has 0 spiro atoms. The van der Waals surface area contributed by atoms with Crippen molar-refractivity contribution in [1.29, 1.82) is 5.26 Å². The van der Waals surface area contributed by atoms with Gasteiger partial charge < -0.3 is 4.90 Å². The molecule has 1 aromatic carbocycles. The van der Waals surface area contributed by atoms with E-state index in [4.69, 9.17) is 5.26 Å². The number of aromatic nitrogens is 1. The number of nitriles is 1. The first-order valence-corrected chi connectivity index (χ1v) is 7.14. The van der Waals surface area contributed by atoms with Crippen LogP contribution in [0.1, 0.15) is 36.1 Å². The largest absolute Gasteiger partial charge is 0.347 e. The molecule has 4 heteroatoms. The number of nitrogens with zero attached hydrogens (tertiary/aromatic N) is 3. The fraction of sp³-hybridized carbons (Fsp3) is 0.294. The number of hydrogen-bond acceptors (Lipinski definition) is 3. The predicted molar refractivity (Wildman–Crippen MR) is 79.4 cm³/mol. The lowest BCUT2D eigenvalue weighted by Crippen LogP contribution is -2.36. The summed E-state index contributed by atoms with van der Waals surface area (Å²) in [5.74, 6) is -0.0813. The smallest absolute Gasteiger partial charge is 0.166 e. The zero-order valence-corrected chi connectivity index (χ0v) is 11.9. The lowest BCUT2D eigenvalue weighted by Gasteiger charge is -2.38. The van der Waals surface area contributed by atoms with Gasteiger partial charge in [-0.2, -0.15) is 5.26 Å². The monoisotopic (exact) mass is 281 g/mol. The minimum absolute atomic E-state index is 0.130. The second-order valence-corrected chi connectivity index (χ2v) is 5.21. The molecule has 106 valence electrons. The maximum absolute atomic E-state index is 14.3. The second kappa shape index (κ2) is 5.53. The molecule has 21 heavy (non-hydrogen) atoms. The van der Waals surface area contributed by atoms with Crippen molar-refractivity contribution >= 4 is 5.82 Å². The molecular formula is C17H16FN3. The number of anilines is 1. The molecule has 1 atom stereocenters. The van der Waals surface area contributed by atoms with E-state index in [0.29, 0.717) is 5.82 Å². The number of pyridine rings is 1. The third-order valence-electron chi connectivity index (χ3n) is 4.02. The highest BCUT2D eigenvalue weighted by Gasteiger charge is 2.28. The van der Waals surface area contributed by atoms with E-state index in [0.717, 1.165) is 19.4 Å². The van der Waals surface area contributed by atoms with Gasteiger partial charge in [0.05, 0.1) is 11.6 Å². The Morgan fingerprint density at radius 3 is 2.95 bits per heavy atom.